The van der Waals surface area contributed by atoms with E-state index >= 15 is 0 Å². The maximum absolute atomic E-state index is 2.55. The summed E-state index contributed by atoms with van der Waals surface area (Å²) in [4.78, 5) is 0. The molecule has 66 heavy (non-hydrogen) atoms. The average Bonchev–Trinajstić information content (AvgIpc) is 3.63. The predicted octanol–water partition coefficient (Wildman–Crippen LogP) is 16.3. The Morgan fingerprint density at radius 1 is 0.348 bits per heavy atom. The van der Waals surface area contributed by atoms with E-state index in [4.69, 9.17) is 0 Å². The summed E-state index contributed by atoms with van der Waals surface area (Å²) in [7, 11) is 0. The summed E-state index contributed by atoms with van der Waals surface area (Å²) < 4.78 is 0. The Kier molecular flexibility index (Phi) is 8.57. The molecule has 0 saturated heterocycles. The first-order chi connectivity index (χ1) is 32.6. The molecule has 0 heteroatoms. The van der Waals surface area contributed by atoms with E-state index in [-0.39, 0.29) is 5.41 Å². The van der Waals surface area contributed by atoms with Crippen LogP contribution in [0.2, 0.25) is 0 Å². The second-order valence-electron chi connectivity index (χ2n) is 19.9. The molecule has 4 atom stereocenters. The Bertz CT molecular complexity index is 3120. The third-order valence-corrected chi connectivity index (χ3v) is 16.5. The van der Waals surface area contributed by atoms with Gasteiger partial charge in [-0.15, -0.1) is 0 Å². The maximum Gasteiger partial charge on any atom is 0.0215 e. The van der Waals surface area contributed by atoms with Gasteiger partial charge in [0.05, 0.1) is 0 Å². The molecule has 0 amide bonds. The van der Waals surface area contributed by atoms with Crippen LogP contribution in [-0.2, 0) is 5.41 Å². The summed E-state index contributed by atoms with van der Waals surface area (Å²) in [6.07, 6.45) is 57.0. The molecule has 0 aromatic heterocycles. The van der Waals surface area contributed by atoms with Crippen molar-refractivity contribution < 1.29 is 0 Å². The molecule has 10 aliphatic carbocycles. The number of fused-ring (bicyclic) bond motifs is 5. The van der Waals surface area contributed by atoms with E-state index in [1.165, 1.54) is 143 Å². The smallest absolute Gasteiger partial charge is 0.0215 e. The number of rotatable bonds is 6. The van der Waals surface area contributed by atoms with Crippen LogP contribution in [0.15, 0.2) is 262 Å². The zero-order valence-electron chi connectivity index (χ0n) is 37.1. The first kappa shape index (κ1) is 38.0. The highest BCUT2D eigenvalue weighted by molar-refractivity contribution is 5.86. The molecular weight excluding hydrogens is 793 g/mol. The Morgan fingerprint density at radius 3 is 1.23 bits per heavy atom. The Hall–Kier alpha value is -7.28. The van der Waals surface area contributed by atoms with E-state index in [0.29, 0.717) is 23.7 Å². The first-order valence-corrected chi connectivity index (χ1v) is 24.3. The Labute approximate surface area is 389 Å². The number of allylic oxidation sites excluding steroid dienone is 30. The number of benzene rings is 4. The van der Waals surface area contributed by atoms with Gasteiger partial charge in [-0.2, -0.15) is 0 Å². The fourth-order valence-corrected chi connectivity index (χ4v) is 13.3. The molecule has 4 unspecified atom stereocenters. The van der Waals surface area contributed by atoms with Gasteiger partial charge in [0, 0.05) is 29.1 Å². The molecule has 1 fully saturated rings. The SMILES string of the molecule is C1=CC2=CC=C3C=CC(C=Cc4ccc(-c5ccc6c(c5)C5(CCCCC5)c5cc(-c7ccc(C=CC8=C9C=CC%10=CC=CC%11=CC=C(C=C8)C9C%10%11)cc7)ccc5-6)cc4)=C4C=CC(=C1)C2C34. The van der Waals surface area contributed by atoms with Gasteiger partial charge in [-0.05, 0) is 136 Å². The van der Waals surface area contributed by atoms with Crippen LogP contribution in [0.25, 0.3) is 45.5 Å². The van der Waals surface area contributed by atoms with Crippen molar-refractivity contribution in [1.82, 2.24) is 0 Å². The van der Waals surface area contributed by atoms with Crippen LogP contribution in [0.3, 0.4) is 0 Å². The van der Waals surface area contributed by atoms with E-state index < -0.39 is 0 Å². The van der Waals surface area contributed by atoms with Crippen molar-refractivity contribution in [2.75, 3.05) is 0 Å². The van der Waals surface area contributed by atoms with Crippen LogP contribution in [0.4, 0.5) is 0 Å². The van der Waals surface area contributed by atoms with Crippen LogP contribution in [0.1, 0.15) is 54.4 Å². The van der Waals surface area contributed by atoms with Gasteiger partial charge < -0.3 is 0 Å². The standard InChI is InChI=1S/C66H50/c1-2-38-66(39-3-1)60-40-54(44-16-10-42(11-17-44)14-20-46-22-24-52-28-26-48-6-4-8-50-30-34-56(46)64(52)62(48)50)32-36-58(60)59-37-33-55(41-61(59)66)45-18-12-43(13-19-45)15-21-47-23-25-53-29-27-49-7-5-9-51-31-35-57(47)65(53)63(49)51/h4-37,40-41,62-65H,1-3,38-39H2. The molecule has 0 N–H and O–H groups in total. The lowest BCUT2D eigenvalue weighted by atomic mass is 9.63. The second-order valence-corrected chi connectivity index (χ2v) is 19.9. The minimum absolute atomic E-state index is 0.0645. The van der Waals surface area contributed by atoms with Crippen LogP contribution >= 0.6 is 0 Å². The molecular formula is C66H50. The van der Waals surface area contributed by atoms with E-state index in [9.17, 15) is 0 Å². The lowest BCUT2D eigenvalue weighted by Crippen LogP contribution is -2.29. The van der Waals surface area contributed by atoms with E-state index in [0.717, 1.165) is 0 Å². The quantitative estimate of drug-likeness (QED) is 0.181. The molecule has 4 aromatic carbocycles. The molecule has 1 saturated carbocycles. The minimum atomic E-state index is 0.0645. The Morgan fingerprint density at radius 2 is 0.758 bits per heavy atom. The second kappa shape index (κ2) is 14.9. The highest BCUT2D eigenvalue weighted by Gasteiger charge is 2.44. The highest BCUT2D eigenvalue weighted by atomic mass is 14.5. The van der Waals surface area contributed by atoms with Crippen molar-refractivity contribution in [1.29, 1.82) is 0 Å². The molecule has 0 radical (unpaired) electrons. The molecule has 4 aromatic rings. The monoisotopic (exact) mass is 842 g/mol. The molecule has 10 aliphatic rings. The van der Waals surface area contributed by atoms with Crippen LogP contribution in [0, 0.1) is 23.7 Å². The molecule has 0 heterocycles. The molecule has 0 nitrogen and oxygen atoms in total. The van der Waals surface area contributed by atoms with Gasteiger partial charge in [0.15, 0.2) is 0 Å². The zero-order valence-corrected chi connectivity index (χ0v) is 37.1. The zero-order chi connectivity index (χ0) is 43.3. The van der Waals surface area contributed by atoms with Gasteiger partial charge in [0.1, 0.15) is 0 Å². The third kappa shape index (κ3) is 5.90. The number of hydrogen-bond acceptors (Lipinski definition) is 0. The lowest BCUT2D eigenvalue weighted by Gasteiger charge is -2.40. The first-order valence-electron chi connectivity index (χ1n) is 24.3. The predicted molar refractivity (Wildman–Crippen MR) is 276 cm³/mol. The highest BCUT2D eigenvalue weighted by Crippen LogP contribution is 2.57. The third-order valence-electron chi connectivity index (χ3n) is 16.5. The van der Waals surface area contributed by atoms with Crippen molar-refractivity contribution in [2.45, 2.75) is 37.5 Å². The van der Waals surface area contributed by atoms with Crippen molar-refractivity contribution in [3.63, 3.8) is 0 Å². The van der Waals surface area contributed by atoms with E-state index in [1.54, 1.807) is 0 Å². The van der Waals surface area contributed by atoms with E-state index in [1.807, 2.05) is 0 Å². The van der Waals surface area contributed by atoms with E-state index in [2.05, 4.69) is 219 Å². The normalized spacial score (nSPS) is 25.0. The van der Waals surface area contributed by atoms with Gasteiger partial charge in [-0.1, -0.05) is 226 Å². The summed E-state index contributed by atoms with van der Waals surface area (Å²) in [6.45, 7) is 0. The van der Waals surface area contributed by atoms with Gasteiger partial charge in [0.2, 0.25) is 0 Å². The molecule has 0 aliphatic heterocycles. The fourth-order valence-electron chi connectivity index (χ4n) is 13.3. The van der Waals surface area contributed by atoms with Crippen LogP contribution < -0.4 is 0 Å². The van der Waals surface area contributed by atoms with Crippen molar-refractivity contribution in [3.05, 3.63) is 284 Å². The lowest BCUT2D eigenvalue weighted by molar-refractivity contribution is 0.353. The number of hydrogen-bond donors (Lipinski definition) is 0. The molecule has 14 rings (SSSR count). The molecule has 314 valence electrons. The maximum atomic E-state index is 2.55. The summed E-state index contributed by atoms with van der Waals surface area (Å²) in [5.41, 5.74) is 27.7. The van der Waals surface area contributed by atoms with Crippen molar-refractivity contribution in [2.24, 2.45) is 23.7 Å². The topological polar surface area (TPSA) is 0 Å². The van der Waals surface area contributed by atoms with Gasteiger partial charge in [-0.3, -0.25) is 0 Å². The summed E-state index contributed by atoms with van der Waals surface area (Å²) in [5, 5.41) is 0. The molecule has 0 bridgehead atoms. The summed E-state index contributed by atoms with van der Waals surface area (Å²) in [5.74, 6) is 1.68. The summed E-state index contributed by atoms with van der Waals surface area (Å²) >= 11 is 0. The minimum Gasteiger partial charge on any atom is -0.0617 e. The van der Waals surface area contributed by atoms with Gasteiger partial charge >= 0.3 is 0 Å². The largest absolute Gasteiger partial charge is 0.0617 e. The van der Waals surface area contributed by atoms with Crippen molar-refractivity contribution >= 4 is 12.2 Å². The average molecular weight is 843 g/mol. The van der Waals surface area contributed by atoms with Crippen molar-refractivity contribution in [3.8, 4) is 33.4 Å². The van der Waals surface area contributed by atoms with Gasteiger partial charge in [0.25, 0.3) is 0 Å². The Balaban J connectivity index is 0.719. The fraction of sp³-hybridized carbons (Fsp3) is 0.152. The summed E-state index contributed by atoms with van der Waals surface area (Å²) in [6, 6.07) is 33.1. The molecule has 1 spiro atoms. The van der Waals surface area contributed by atoms with Crippen LogP contribution in [-0.4, -0.2) is 0 Å². The van der Waals surface area contributed by atoms with Gasteiger partial charge in [-0.25, -0.2) is 0 Å². The van der Waals surface area contributed by atoms with Crippen LogP contribution in [0.5, 0.6) is 0 Å².